The molecular formula is C15H17N3O2. The van der Waals surface area contributed by atoms with Crippen LogP contribution in [0.2, 0.25) is 0 Å². The van der Waals surface area contributed by atoms with Crippen LogP contribution in [0, 0.1) is 0 Å². The van der Waals surface area contributed by atoms with E-state index in [1.807, 2.05) is 42.5 Å². The van der Waals surface area contributed by atoms with Crippen LogP contribution in [0.25, 0.3) is 0 Å². The highest BCUT2D eigenvalue weighted by Gasteiger charge is 2.17. The summed E-state index contributed by atoms with van der Waals surface area (Å²) in [7, 11) is 1.56. The molecule has 0 unspecified atom stereocenters. The maximum absolute atomic E-state index is 11.6. The summed E-state index contributed by atoms with van der Waals surface area (Å²) in [6, 6.07) is 12.5. The monoisotopic (exact) mass is 271 g/mol. The van der Waals surface area contributed by atoms with E-state index in [1.54, 1.807) is 13.3 Å². The minimum absolute atomic E-state index is 0.418. The maximum atomic E-state index is 11.6. The first-order valence-corrected chi connectivity index (χ1v) is 6.28. The summed E-state index contributed by atoms with van der Waals surface area (Å²) >= 11 is 0. The van der Waals surface area contributed by atoms with Crippen LogP contribution >= 0.6 is 0 Å². The van der Waals surface area contributed by atoms with Crippen molar-refractivity contribution in [3.8, 4) is 5.88 Å². The van der Waals surface area contributed by atoms with Crippen LogP contribution < -0.4 is 15.8 Å². The number of carbonyl (C=O) groups is 1. The second kappa shape index (κ2) is 6.68. The summed E-state index contributed by atoms with van der Waals surface area (Å²) in [5.41, 5.74) is 7.16. The van der Waals surface area contributed by atoms with Crippen molar-refractivity contribution in [1.82, 2.24) is 10.3 Å². The molecule has 0 spiro atoms. The van der Waals surface area contributed by atoms with Crippen molar-refractivity contribution in [2.75, 3.05) is 7.11 Å². The highest BCUT2D eigenvalue weighted by atomic mass is 16.5. The molecule has 20 heavy (non-hydrogen) atoms. The lowest BCUT2D eigenvalue weighted by Crippen LogP contribution is -2.33. The molecule has 0 saturated carbocycles. The quantitative estimate of drug-likeness (QED) is 0.832. The number of nitrogens with two attached hydrogens (primary N) is 1. The van der Waals surface area contributed by atoms with Crippen LogP contribution in [0.3, 0.4) is 0 Å². The van der Waals surface area contributed by atoms with Crippen LogP contribution in [0.4, 0.5) is 0 Å². The molecule has 0 aliphatic carbocycles. The Morgan fingerprint density at radius 2 is 2.05 bits per heavy atom. The zero-order chi connectivity index (χ0) is 14.4. The lowest BCUT2D eigenvalue weighted by Gasteiger charge is -2.16. The van der Waals surface area contributed by atoms with Gasteiger partial charge in [0.2, 0.25) is 11.8 Å². The maximum Gasteiger partial charge on any atom is 0.239 e. The Hall–Kier alpha value is -2.40. The molecule has 1 aromatic carbocycles. The van der Waals surface area contributed by atoms with Crippen LogP contribution in [0.15, 0.2) is 48.7 Å². The van der Waals surface area contributed by atoms with Crippen molar-refractivity contribution >= 4 is 5.91 Å². The number of carbonyl (C=O) groups excluding carboxylic acids is 1. The predicted molar refractivity (Wildman–Crippen MR) is 76.0 cm³/mol. The highest BCUT2D eigenvalue weighted by molar-refractivity contribution is 5.81. The average molecular weight is 271 g/mol. The number of hydrogen-bond donors (Lipinski definition) is 2. The number of hydrogen-bond acceptors (Lipinski definition) is 4. The number of benzene rings is 1. The van der Waals surface area contributed by atoms with E-state index >= 15 is 0 Å². The normalized spacial score (nSPS) is 11.8. The molecule has 1 amide bonds. The van der Waals surface area contributed by atoms with Crippen molar-refractivity contribution in [3.63, 3.8) is 0 Å². The highest BCUT2D eigenvalue weighted by Crippen LogP contribution is 2.17. The second-order valence-electron chi connectivity index (χ2n) is 4.30. The number of pyridine rings is 1. The average Bonchev–Trinajstić information content (AvgIpc) is 2.48. The predicted octanol–water partition coefficient (Wildman–Crippen LogP) is 1.41. The smallest absolute Gasteiger partial charge is 0.239 e. The number of nitrogens with zero attached hydrogens (tertiary/aromatic N) is 1. The Morgan fingerprint density at radius 1 is 1.30 bits per heavy atom. The van der Waals surface area contributed by atoms with Gasteiger partial charge in [0.15, 0.2) is 0 Å². The molecule has 1 heterocycles. The summed E-state index contributed by atoms with van der Waals surface area (Å²) in [5, 5.41) is 3.13. The molecule has 0 aliphatic heterocycles. The summed E-state index contributed by atoms with van der Waals surface area (Å²) in [5.74, 6) is 0.121. The van der Waals surface area contributed by atoms with Crippen molar-refractivity contribution in [2.24, 2.45) is 5.73 Å². The van der Waals surface area contributed by atoms with E-state index in [0.29, 0.717) is 12.4 Å². The first kappa shape index (κ1) is 14.0. The Kier molecular flexibility index (Phi) is 4.68. The lowest BCUT2D eigenvalue weighted by atomic mass is 10.1. The summed E-state index contributed by atoms with van der Waals surface area (Å²) < 4.78 is 5.18. The van der Waals surface area contributed by atoms with Gasteiger partial charge < -0.3 is 10.5 Å². The van der Waals surface area contributed by atoms with Gasteiger partial charge in [0, 0.05) is 18.3 Å². The first-order valence-electron chi connectivity index (χ1n) is 6.28. The number of primary amides is 1. The van der Waals surface area contributed by atoms with Crippen LogP contribution in [-0.4, -0.2) is 18.0 Å². The summed E-state index contributed by atoms with van der Waals surface area (Å²) in [6.07, 6.45) is 1.66. The Balaban J connectivity index is 2.12. The van der Waals surface area contributed by atoms with E-state index in [0.717, 1.165) is 11.1 Å². The van der Waals surface area contributed by atoms with Crippen LogP contribution in [0.1, 0.15) is 17.2 Å². The van der Waals surface area contributed by atoms with Crippen LogP contribution in [0.5, 0.6) is 5.88 Å². The van der Waals surface area contributed by atoms with Crippen LogP contribution in [-0.2, 0) is 11.3 Å². The Labute approximate surface area is 117 Å². The fourth-order valence-electron chi connectivity index (χ4n) is 1.98. The molecule has 0 bridgehead atoms. The lowest BCUT2D eigenvalue weighted by molar-refractivity contribution is -0.120. The molecule has 104 valence electrons. The molecule has 0 radical (unpaired) electrons. The van der Waals surface area contributed by atoms with Crippen molar-refractivity contribution in [3.05, 3.63) is 59.8 Å². The molecular weight excluding hydrogens is 254 g/mol. The number of nitrogens with one attached hydrogen (secondary N) is 1. The summed E-state index contributed by atoms with van der Waals surface area (Å²) in [6.45, 7) is 0.444. The molecule has 5 heteroatoms. The molecule has 1 aromatic heterocycles. The third-order valence-corrected chi connectivity index (χ3v) is 2.96. The van der Waals surface area contributed by atoms with E-state index in [1.165, 1.54) is 0 Å². The van der Waals surface area contributed by atoms with E-state index in [4.69, 9.17) is 10.5 Å². The molecule has 1 atom stereocenters. The number of aromatic nitrogens is 1. The molecule has 0 aliphatic rings. The number of rotatable bonds is 6. The molecule has 5 nitrogen and oxygen atoms in total. The van der Waals surface area contributed by atoms with Gasteiger partial charge in [-0.2, -0.15) is 0 Å². The second-order valence-corrected chi connectivity index (χ2v) is 4.30. The van der Waals surface area contributed by atoms with Crippen molar-refractivity contribution in [1.29, 1.82) is 0 Å². The third kappa shape index (κ3) is 3.33. The SMILES string of the molecule is COc1ncccc1CN[C@H](C(N)=O)c1ccccc1. The Bertz CT molecular complexity index is 572. The van der Waals surface area contributed by atoms with Gasteiger partial charge >= 0.3 is 0 Å². The first-order chi connectivity index (χ1) is 9.72. The Morgan fingerprint density at radius 3 is 2.70 bits per heavy atom. The minimum atomic E-state index is -0.541. The zero-order valence-electron chi connectivity index (χ0n) is 11.2. The minimum Gasteiger partial charge on any atom is -0.481 e. The van der Waals surface area contributed by atoms with E-state index in [-0.39, 0.29) is 0 Å². The van der Waals surface area contributed by atoms with E-state index in [9.17, 15) is 4.79 Å². The van der Waals surface area contributed by atoms with Gasteiger partial charge in [-0.3, -0.25) is 10.1 Å². The van der Waals surface area contributed by atoms with Gasteiger partial charge in [0.1, 0.15) is 6.04 Å². The molecule has 2 rings (SSSR count). The largest absolute Gasteiger partial charge is 0.481 e. The van der Waals surface area contributed by atoms with Crippen molar-refractivity contribution in [2.45, 2.75) is 12.6 Å². The number of ether oxygens (including phenoxy) is 1. The standard InChI is InChI=1S/C15H17N3O2/c1-20-15-12(8-5-9-17-15)10-18-13(14(16)19)11-6-3-2-4-7-11/h2-9,13,18H,10H2,1H3,(H2,16,19)/t13-/m0/s1. The van der Waals surface area contributed by atoms with Gasteiger partial charge in [-0.15, -0.1) is 0 Å². The third-order valence-electron chi connectivity index (χ3n) is 2.96. The summed E-state index contributed by atoms with van der Waals surface area (Å²) in [4.78, 5) is 15.7. The molecule has 2 aromatic rings. The fraction of sp³-hybridized carbons (Fsp3) is 0.200. The van der Waals surface area contributed by atoms with Gasteiger partial charge in [-0.05, 0) is 11.6 Å². The van der Waals surface area contributed by atoms with Gasteiger partial charge in [0.05, 0.1) is 7.11 Å². The van der Waals surface area contributed by atoms with E-state index in [2.05, 4.69) is 10.3 Å². The van der Waals surface area contributed by atoms with Gasteiger partial charge in [-0.1, -0.05) is 36.4 Å². The number of amides is 1. The molecule has 3 N–H and O–H groups in total. The zero-order valence-corrected chi connectivity index (χ0v) is 11.2. The van der Waals surface area contributed by atoms with Gasteiger partial charge in [0.25, 0.3) is 0 Å². The topological polar surface area (TPSA) is 77.2 Å². The number of methoxy groups -OCH3 is 1. The van der Waals surface area contributed by atoms with E-state index < -0.39 is 11.9 Å². The molecule has 0 saturated heterocycles. The molecule has 0 fully saturated rings. The van der Waals surface area contributed by atoms with Gasteiger partial charge in [-0.25, -0.2) is 4.98 Å². The van der Waals surface area contributed by atoms with Crippen molar-refractivity contribution < 1.29 is 9.53 Å². The fourth-order valence-corrected chi connectivity index (χ4v) is 1.98.